The number of halogens is 1. The van der Waals surface area contributed by atoms with E-state index in [1.165, 1.54) is 9.13 Å². The number of nitrogens with one attached hydrogen (secondary N) is 1. The molecular weight excluding hydrogens is 489 g/mol. The highest BCUT2D eigenvalue weighted by Crippen LogP contribution is 2.21. The summed E-state index contributed by atoms with van der Waals surface area (Å²) in [4.78, 5) is 12.2. The lowest BCUT2D eigenvalue weighted by molar-refractivity contribution is -0.129. The predicted octanol–water partition coefficient (Wildman–Crippen LogP) is 4.48. The molecule has 4 rings (SSSR count). The maximum absolute atomic E-state index is 12.2. The van der Waals surface area contributed by atoms with E-state index in [0.29, 0.717) is 5.56 Å². The molecule has 150 valence electrons. The Balaban J connectivity index is 1.52. The van der Waals surface area contributed by atoms with Crippen LogP contribution in [-0.4, -0.2) is 21.8 Å². The average molecular weight is 509 g/mol. The van der Waals surface area contributed by atoms with E-state index >= 15 is 0 Å². The van der Waals surface area contributed by atoms with Gasteiger partial charge in [-0.15, -0.1) is 0 Å². The van der Waals surface area contributed by atoms with Gasteiger partial charge < -0.3 is 9.67 Å². The number of para-hydroxylation sites is 1. The fourth-order valence-electron chi connectivity index (χ4n) is 3.31. The van der Waals surface area contributed by atoms with Gasteiger partial charge in [0, 0.05) is 32.8 Å². The monoisotopic (exact) mass is 509 g/mol. The number of rotatable bonds is 6. The summed E-state index contributed by atoms with van der Waals surface area (Å²) in [6.07, 6.45) is 2.37. The zero-order valence-corrected chi connectivity index (χ0v) is 18.2. The first-order valence-electron chi connectivity index (χ1n) is 9.50. The fraction of sp³-hybridized carbons (Fsp3) is 0.0833. The zero-order valence-electron chi connectivity index (χ0n) is 16.1. The van der Waals surface area contributed by atoms with Crippen LogP contribution in [0.1, 0.15) is 22.8 Å². The average Bonchev–Trinajstić information content (AvgIpc) is 3.13. The second kappa shape index (κ2) is 9.23. The Morgan fingerprint density at radius 1 is 1.03 bits per heavy atom. The first-order chi connectivity index (χ1) is 14.6. The second-order valence-corrected chi connectivity index (χ2v) is 8.15. The van der Waals surface area contributed by atoms with Crippen molar-refractivity contribution < 1.29 is 9.90 Å². The molecule has 0 aliphatic carbocycles. The number of fused-ring (bicyclic) bond motifs is 1. The number of hydrogen-bond acceptors (Lipinski definition) is 3. The minimum Gasteiger partial charge on any atom is -0.378 e. The number of hydrazone groups is 1. The van der Waals surface area contributed by atoms with E-state index in [-0.39, 0.29) is 0 Å². The molecule has 0 saturated heterocycles. The molecule has 1 amide bonds. The smallest absolute Gasteiger partial charge is 0.273 e. The molecule has 3 aromatic carbocycles. The summed E-state index contributed by atoms with van der Waals surface area (Å²) in [6, 6.07) is 25.3. The molecule has 0 saturated carbocycles. The first-order valence-corrected chi connectivity index (χ1v) is 10.6. The number of aliphatic hydroxyl groups is 1. The number of amides is 1. The van der Waals surface area contributed by atoms with Crippen molar-refractivity contribution in [2.75, 3.05) is 0 Å². The van der Waals surface area contributed by atoms with Crippen LogP contribution in [0.15, 0.2) is 90.2 Å². The zero-order chi connectivity index (χ0) is 20.9. The SMILES string of the molecule is O=C(N/N=C\c1cn(Cc2ccc(I)cc2)c2ccccc12)[C@@H](O)c1ccccc1. The van der Waals surface area contributed by atoms with Gasteiger partial charge in [0.1, 0.15) is 0 Å². The summed E-state index contributed by atoms with van der Waals surface area (Å²) in [7, 11) is 0. The van der Waals surface area contributed by atoms with Crippen LogP contribution in [0.25, 0.3) is 10.9 Å². The lowest BCUT2D eigenvalue weighted by Crippen LogP contribution is -2.25. The summed E-state index contributed by atoms with van der Waals surface area (Å²) >= 11 is 2.30. The normalized spacial score (nSPS) is 12.3. The largest absolute Gasteiger partial charge is 0.378 e. The van der Waals surface area contributed by atoms with Crippen molar-refractivity contribution >= 4 is 45.6 Å². The lowest BCUT2D eigenvalue weighted by atomic mass is 10.1. The van der Waals surface area contributed by atoms with Crippen LogP contribution < -0.4 is 5.43 Å². The van der Waals surface area contributed by atoms with Crippen LogP contribution in [0.4, 0.5) is 0 Å². The van der Waals surface area contributed by atoms with Gasteiger partial charge in [0.15, 0.2) is 6.10 Å². The van der Waals surface area contributed by atoms with Crippen LogP contribution in [-0.2, 0) is 11.3 Å². The molecule has 0 fully saturated rings. The molecule has 0 spiro atoms. The summed E-state index contributed by atoms with van der Waals surface area (Å²) in [5.41, 5.74) is 6.15. The number of aromatic nitrogens is 1. The van der Waals surface area contributed by atoms with Crippen molar-refractivity contribution in [3.05, 3.63) is 105 Å². The minimum absolute atomic E-state index is 0.527. The Labute approximate surface area is 188 Å². The number of hydrogen-bond donors (Lipinski definition) is 2. The Morgan fingerprint density at radius 3 is 2.50 bits per heavy atom. The van der Waals surface area contributed by atoms with E-state index in [9.17, 15) is 9.90 Å². The quantitative estimate of drug-likeness (QED) is 0.229. The van der Waals surface area contributed by atoms with Crippen LogP contribution in [0.5, 0.6) is 0 Å². The Morgan fingerprint density at radius 2 is 1.73 bits per heavy atom. The molecule has 0 bridgehead atoms. The Hall–Kier alpha value is -2.97. The number of benzene rings is 3. The van der Waals surface area contributed by atoms with Gasteiger partial charge in [0.05, 0.1) is 6.21 Å². The van der Waals surface area contributed by atoms with E-state index in [1.807, 2.05) is 30.5 Å². The van der Waals surface area contributed by atoms with Crippen molar-refractivity contribution in [1.82, 2.24) is 9.99 Å². The molecule has 0 unspecified atom stereocenters. The van der Waals surface area contributed by atoms with Gasteiger partial charge in [-0.05, 0) is 51.9 Å². The number of carbonyl (C=O) groups excluding carboxylic acids is 1. The van der Waals surface area contributed by atoms with Crippen LogP contribution >= 0.6 is 22.6 Å². The van der Waals surface area contributed by atoms with Gasteiger partial charge in [-0.2, -0.15) is 5.10 Å². The van der Waals surface area contributed by atoms with Gasteiger partial charge in [-0.25, -0.2) is 5.43 Å². The summed E-state index contributed by atoms with van der Waals surface area (Å²) in [5.74, 6) is -0.569. The minimum atomic E-state index is -1.26. The van der Waals surface area contributed by atoms with E-state index in [4.69, 9.17) is 0 Å². The summed E-state index contributed by atoms with van der Waals surface area (Å²) in [5, 5.41) is 15.3. The highest BCUT2D eigenvalue weighted by Gasteiger charge is 2.16. The third-order valence-electron chi connectivity index (χ3n) is 4.83. The first kappa shape index (κ1) is 20.3. The van der Waals surface area contributed by atoms with Crippen LogP contribution in [0.3, 0.4) is 0 Å². The van der Waals surface area contributed by atoms with E-state index in [0.717, 1.165) is 23.0 Å². The van der Waals surface area contributed by atoms with Gasteiger partial charge in [-0.1, -0.05) is 60.7 Å². The van der Waals surface area contributed by atoms with Gasteiger partial charge in [0.25, 0.3) is 5.91 Å². The van der Waals surface area contributed by atoms with Crippen molar-refractivity contribution in [1.29, 1.82) is 0 Å². The van der Waals surface area contributed by atoms with Crippen molar-refractivity contribution in [2.45, 2.75) is 12.6 Å². The molecule has 0 aliphatic heterocycles. The maximum Gasteiger partial charge on any atom is 0.273 e. The van der Waals surface area contributed by atoms with Crippen LogP contribution in [0, 0.1) is 3.57 Å². The van der Waals surface area contributed by atoms with Crippen molar-refractivity contribution in [2.24, 2.45) is 5.10 Å². The molecule has 1 heterocycles. The van der Waals surface area contributed by atoms with E-state index in [1.54, 1.807) is 30.5 Å². The van der Waals surface area contributed by atoms with E-state index < -0.39 is 12.0 Å². The van der Waals surface area contributed by atoms with Gasteiger partial charge >= 0.3 is 0 Å². The van der Waals surface area contributed by atoms with Crippen molar-refractivity contribution in [3.63, 3.8) is 0 Å². The standard InChI is InChI=1S/C24H20IN3O2/c25-20-12-10-17(11-13-20)15-28-16-19(21-8-4-5-9-22(21)28)14-26-27-24(30)23(29)18-6-2-1-3-7-18/h1-14,16,23,29H,15H2,(H,27,30)/b26-14-/t23-/m0/s1. The number of aliphatic hydroxyl groups excluding tert-OH is 1. The summed E-state index contributed by atoms with van der Waals surface area (Å²) in [6.45, 7) is 0.740. The molecule has 1 atom stereocenters. The van der Waals surface area contributed by atoms with Gasteiger partial charge in [0.2, 0.25) is 0 Å². The molecule has 30 heavy (non-hydrogen) atoms. The predicted molar refractivity (Wildman–Crippen MR) is 127 cm³/mol. The Bertz CT molecular complexity index is 1180. The number of carbonyl (C=O) groups is 1. The van der Waals surface area contributed by atoms with Gasteiger partial charge in [-0.3, -0.25) is 4.79 Å². The molecule has 1 aromatic heterocycles. The molecule has 6 heteroatoms. The molecule has 5 nitrogen and oxygen atoms in total. The number of nitrogens with zero attached hydrogens (tertiary/aromatic N) is 2. The third-order valence-corrected chi connectivity index (χ3v) is 5.55. The molecule has 2 N–H and O–H groups in total. The maximum atomic E-state index is 12.2. The fourth-order valence-corrected chi connectivity index (χ4v) is 3.67. The Kier molecular flexibility index (Phi) is 6.25. The summed E-state index contributed by atoms with van der Waals surface area (Å²) < 4.78 is 3.37. The molecular formula is C24H20IN3O2. The third kappa shape index (κ3) is 4.60. The molecule has 0 radical (unpaired) electrons. The highest BCUT2D eigenvalue weighted by atomic mass is 127. The highest BCUT2D eigenvalue weighted by molar-refractivity contribution is 14.1. The lowest BCUT2D eigenvalue weighted by Gasteiger charge is -2.08. The van der Waals surface area contributed by atoms with Crippen LogP contribution in [0.2, 0.25) is 0 Å². The van der Waals surface area contributed by atoms with E-state index in [2.05, 4.69) is 68.0 Å². The van der Waals surface area contributed by atoms with Crippen molar-refractivity contribution in [3.8, 4) is 0 Å². The second-order valence-electron chi connectivity index (χ2n) is 6.90. The topological polar surface area (TPSA) is 66.6 Å². The molecule has 0 aliphatic rings. The molecule has 4 aromatic rings.